The summed E-state index contributed by atoms with van der Waals surface area (Å²) >= 11 is 0. The van der Waals surface area contributed by atoms with Gasteiger partial charge in [-0.05, 0) is 38.1 Å². The van der Waals surface area contributed by atoms with Crippen molar-refractivity contribution in [1.82, 2.24) is 14.5 Å². The van der Waals surface area contributed by atoms with Crippen LogP contribution in [-0.2, 0) is 6.54 Å². The lowest BCUT2D eigenvalue weighted by Crippen LogP contribution is -2.41. The molecule has 4 heteroatoms. The Bertz CT molecular complexity index is 914. The van der Waals surface area contributed by atoms with Gasteiger partial charge in [0.2, 0.25) is 0 Å². The fraction of sp³-hybridized carbons (Fsp3) is 0.238. The topological polar surface area (TPSA) is 38.1 Å². The first-order valence-electron chi connectivity index (χ1n) is 8.64. The maximum Gasteiger partial charge on any atom is 0.256 e. The highest BCUT2D eigenvalue weighted by atomic mass is 16.2. The lowest BCUT2D eigenvalue weighted by molar-refractivity contribution is 0.0643. The second-order valence-electron chi connectivity index (χ2n) is 6.50. The molecule has 4 nitrogen and oxygen atoms in total. The van der Waals surface area contributed by atoms with Crippen LogP contribution in [0.5, 0.6) is 0 Å². The summed E-state index contributed by atoms with van der Waals surface area (Å²) in [4.78, 5) is 19.7. The van der Waals surface area contributed by atoms with Crippen LogP contribution in [0.1, 0.15) is 34.7 Å². The molecule has 1 aromatic carbocycles. The molecule has 0 saturated heterocycles. The van der Waals surface area contributed by atoms with Gasteiger partial charge in [-0.1, -0.05) is 30.3 Å². The van der Waals surface area contributed by atoms with Crippen LogP contribution in [0.15, 0.2) is 60.8 Å². The fourth-order valence-electron chi connectivity index (χ4n) is 3.57. The molecule has 25 heavy (non-hydrogen) atoms. The number of pyridine rings is 1. The Hall–Kier alpha value is -2.88. The molecule has 0 radical (unpaired) electrons. The van der Waals surface area contributed by atoms with E-state index in [1.54, 1.807) is 0 Å². The lowest BCUT2D eigenvalue weighted by Gasteiger charge is -2.35. The number of aromatic nitrogens is 2. The molecule has 1 unspecified atom stereocenters. The van der Waals surface area contributed by atoms with Gasteiger partial charge in [-0.3, -0.25) is 9.78 Å². The maximum absolute atomic E-state index is 13.1. The summed E-state index contributed by atoms with van der Waals surface area (Å²) in [5, 5.41) is 0. The highest BCUT2D eigenvalue weighted by Crippen LogP contribution is 2.28. The quantitative estimate of drug-likeness (QED) is 0.710. The van der Waals surface area contributed by atoms with Crippen molar-refractivity contribution in [2.45, 2.75) is 26.4 Å². The zero-order chi connectivity index (χ0) is 17.4. The molecular weight excluding hydrogens is 310 g/mol. The van der Waals surface area contributed by atoms with Gasteiger partial charge in [0.25, 0.3) is 5.91 Å². The first-order chi connectivity index (χ1) is 12.1. The number of benzene rings is 1. The molecule has 1 atom stereocenters. The number of carbonyl (C=O) groups is 1. The van der Waals surface area contributed by atoms with Crippen molar-refractivity contribution < 1.29 is 4.79 Å². The summed E-state index contributed by atoms with van der Waals surface area (Å²) in [5.74, 6) is 0.0598. The fourth-order valence-corrected chi connectivity index (χ4v) is 3.57. The van der Waals surface area contributed by atoms with Crippen molar-refractivity contribution in [3.63, 3.8) is 0 Å². The number of carbonyl (C=O) groups excluding carboxylic acids is 1. The molecule has 1 aliphatic rings. The van der Waals surface area contributed by atoms with Gasteiger partial charge < -0.3 is 9.47 Å². The van der Waals surface area contributed by atoms with Gasteiger partial charge >= 0.3 is 0 Å². The van der Waals surface area contributed by atoms with E-state index in [1.165, 1.54) is 5.69 Å². The minimum atomic E-state index is 0.0598. The second kappa shape index (κ2) is 6.20. The Morgan fingerprint density at radius 2 is 1.84 bits per heavy atom. The van der Waals surface area contributed by atoms with E-state index in [1.807, 2.05) is 60.4 Å². The Labute approximate surface area is 147 Å². The first kappa shape index (κ1) is 15.6. The van der Waals surface area contributed by atoms with Crippen LogP contribution in [0, 0.1) is 6.92 Å². The van der Waals surface area contributed by atoms with Crippen LogP contribution < -0.4 is 0 Å². The monoisotopic (exact) mass is 331 g/mol. The Kier molecular flexibility index (Phi) is 3.88. The van der Waals surface area contributed by atoms with Crippen molar-refractivity contribution in [1.29, 1.82) is 0 Å². The van der Waals surface area contributed by atoms with Crippen LogP contribution in [0.4, 0.5) is 0 Å². The first-order valence-corrected chi connectivity index (χ1v) is 8.64. The van der Waals surface area contributed by atoms with Crippen LogP contribution in [0.3, 0.4) is 0 Å². The zero-order valence-corrected chi connectivity index (χ0v) is 14.5. The van der Waals surface area contributed by atoms with Gasteiger partial charge in [0.1, 0.15) is 0 Å². The van der Waals surface area contributed by atoms with E-state index in [-0.39, 0.29) is 11.9 Å². The summed E-state index contributed by atoms with van der Waals surface area (Å²) in [6.45, 7) is 5.57. The van der Waals surface area contributed by atoms with Crippen molar-refractivity contribution in [3.8, 4) is 11.3 Å². The summed E-state index contributed by atoms with van der Waals surface area (Å²) < 4.78 is 2.22. The molecule has 2 aromatic heterocycles. The largest absolute Gasteiger partial charge is 0.348 e. The number of fused-ring (bicyclic) bond motifs is 1. The summed E-state index contributed by atoms with van der Waals surface area (Å²) in [6.07, 6.45) is 2.08. The third-order valence-corrected chi connectivity index (χ3v) is 4.99. The van der Waals surface area contributed by atoms with Gasteiger partial charge in [-0.15, -0.1) is 0 Å². The molecule has 0 aliphatic carbocycles. The van der Waals surface area contributed by atoms with E-state index >= 15 is 0 Å². The molecule has 0 bridgehead atoms. The summed E-state index contributed by atoms with van der Waals surface area (Å²) in [7, 11) is 0. The molecule has 3 heterocycles. The Morgan fingerprint density at radius 1 is 1.04 bits per heavy atom. The summed E-state index contributed by atoms with van der Waals surface area (Å²) in [5.41, 5.74) is 4.61. The molecular formula is C21H21N3O. The SMILES string of the molecule is Cc1nc(-c2ccccc2)ccc1C(=O)N1CCn2cccc2C1C. The molecule has 126 valence electrons. The van der Waals surface area contributed by atoms with Crippen LogP contribution in [0.25, 0.3) is 11.3 Å². The van der Waals surface area contributed by atoms with Gasteiger partial charge in [0.15, 0.2) is 0 Å². The normalized spacial score (nSPS) is 16.6. The van der Waals surface area contributed by atoms with E-state index in [9.17, 15) is 4.79 Å². The van der Waals surface area contributed by atoms with Gasteiger partial charge in [-0.2, -0.15) is 0 Å². The van der Waals surface area contributed by atoms with E-state index < -0.39 is 0 Å². The van der Waals surface area contributed by atoms with Gasteiger partial charge in [-0.25, -0.2) is 0 Å². The van der Waals surface area contributed by atoms with E-state index in [2.05, 4.69) is 28.7 Å². The number of aryl methyl sites for hydroxylation is 1. The average Bonchev–Trinajstić information content (AvgIpc) is 3.12. The molecule has 0 saturated carbocycles. The standard InChI is InChI=1S/C21H21N3O/c1-15-18(10-11-19(22-15)17-7-4-3-5-8-17)21(25)24-14-13-23-12-6-9-20(23)16(24)2/h3-12,16H,13-14H2,1-2H3. The Balaban J connectivity index is 1.63. The van der Waals surface area contributed by atoms with Gasteiger partial charge in [0, 0.05) is 30.5 Å². The van der Waals surface area contributed by atoms with Crippen molar-refractivity contribution in [2.24, 2.45) is 0 Å². The predicted molar refractivity (Wildman–Crippen MR) is 98.3 cm³/mol. The minimum Gasteiger partial charge on any atom is -0.348 e. The molecule has 0 fully saturated rings. The smallest absolute Gasteiger partial charge is 0.256 e. The molecule has 0 N–H and O–H groups in total. The third kappa shape index (κ3) is 2.74. The van der Waals surface area contributed by atoms with Gasteiger partial charge in [0.05, 0.1) is 23.0 Å². The average molecular weight is 331 g/mol. The van der Waals surface area contributed by atoms with Crippen molar-refractivity contribution in [2.75, 3.05) is 6.54 Å². The van der Waals surface area contributed by atoms with E-state index in [0.717, 1.165) is 30.0 Å². The summed E-state index contributed by atoms with van der Waals surface area (Å²) in [6, 6.07) is 18.1. The number of rotatable bonds is 2. The van der Waals surface area contributed by atoms with Crippen molar-refractivity contribution >= 4 is 5.91 Å². The number of hydrogen-bond donors (Lipinski definition) is 0. The maximum atomic E-state index is 13.1. The predicted octanol–water partition coefficient (Wildman–Crippen LogP) is 4.08. The number of amides is 1. The second-order valence-corrected chi connectivity index (χ2v) is 6.50. The number of hydrogen-bond acceptors (Lipinski definition) is 2. The molecule has 0 spiro atoms. The minimum absolute atomic E-state index is 0.0598. The van der Waals surface area contributed by atoms with E-state index in [0.29, 0.717) is 5.56 Å². The Morgan fingerprint density at radius 3 is 2.60 bits per heavy atom. The molecule has 4 rings (SSSR count). The highest BCUT2D eigenvalue weighted by molar-refractivity contribution is 5.95. The number of nitrogens with zero attached hydrogens (tertiary/aromatic N) is 3. The lowest BCUT2D eigenvalue weighted by atomic mass is 10.1. The molecule has 3 aromatic rings. The third-order valence-electron chi connectivity index (χ3n) is 4.99. The highest BCUT2D eigenvalue weighted by Gasteiger charge is 2.29. The van der Waals surface area contributed by atoms with E-state index in [4.69, 9.17) is 0 Å². The van der Waals surface area contributed by atoms with Crippen LogP contribution in [0.2, 0.25) is 0 Å². The van der Waals surface area contributed by atoms with Crippen LogP contribution >= 0.6 is 0 Å². The van der Waals surface area contributed by atoms with Crippen LogP contribution in [-0.4, -0.2) is 26.9 Å². The molecule has 1 amide bonds. The zero-order valence-electron chi connectivity index (χ0n) is 14.5. The molecule has 1 aliphatic heterocycles. The van der Waals surface area contributed by atoms with Crippen molar-refractivity contribution in [3.05, 3.63) is 77.7 Å².